The van der Waals surface area contributed by atoms with E-state index in [0.29, 0.717) is 33.7 Å². The number of para-hydroxylation sites is 1. The van der Waals surface area contributed by atoms with Crippen LogP contribution in [0.1, 0.15) is 35.7 Å². The molecule has 2 aromatic carbocycles. The highest BCUT2D eigenvalue weighted by molar-refractivity contribution is 6.04. The van der Waals surface area contributed by atoms with Crippen LogP contribution in [0.2, 0.25) is 0 Å². The van der Waals surface area contributed by atoms with Gasteiger partial charge in [-0.15, -0.1) is 0 Å². The number of rotatable bonds is 5. The smallest absolute Gasteiger partial charge is 0.336 e. The van der Waals surface area contributed by atoms with E-state index in [2.05, 4.69) is 13.8 Å². The molecule has 0 aliphatic rings. The van der Waals surface area contributed by atoms with Gasteiger partial charge >= 0.3 is 5.97 Å². The van der Waals surface area contributed by atoms with E-state index < -0.39 is 5.97 Å². The van der Waals surface area contributed by atoms with Gasteiger partial charge in [-0.05, 0) is 35.7 Å². The molecular formula is C21H21NO4. The maximum atomic E-state index is 11.9. The monoisotopic (exact) mass is 351 g/mol. The summed E-state index contributed by atoms with van der Waals surface area (Å²) in [6, 6.07) is 12.6. The second kappa shape index (κ2) is 7.04. The molecule has 0 saturated heterocycles. The third-order valence-corrected chi connectivity index (χ3v) is 4.41. The first-order chi connectivity index (χ1) is 12.5. The van der Waals surface area contributed by atoms with Crippen molar-refractivity contribution in [2.45, 2.75) is 19.8 Å². The summed E-state index contributed by atoms with van der Waals surface area (Å²) in [6.07, 6.45) is 0. The Morgan fingerprint density at radius 3 is 2.46 bits per heavy atom. The van der Waals surface area contributed by atoms with Crippen molar-refractivity contribution in [1.29, 1.82) is 0 Å². The Morgan fingerprint density at radius 1 is 1.08 bits per heavy atom. The summed E-state index contributed by atoms with van der Waals surface area (Å²) in [7, 11) is 3.16. The summed E-state index contributed by atoms with van der Waals surface area (Å²) in [4.78, 5) is 16.7. The average molecular weight is 351 g/mol. The number of aromatic carboxylic acids is 1. The van der Waals surface area contributed by atoms with E-state index in [0.717, 1.165) is 5.56 Å². The van der Waals surface area contributed by atoms with Crippen LogP contribution in [0.25, 0.3) is 22.2 Å². The Bertz CT molecular complexity index is 979. The highest BCUT2D eigenvalue weighted by atomic mass is 16.5. The van der Waals surface area contributed by atoms with Gasteiger partial charge in [0.1, 0.15) is 11.5 Å². The van der Waals surface area contributed by atoms with E-state index in [1.807, 2.05) is 12.1 Å². The normalized spacial score (nSPS) is 11.0. The topological polar surface area (TPSA) is 68.7 Å². The number of nitrogens with zero attached hydrogens (tertiary/aromatic N) is 1. The van der Waals surface area contributed by atoms with Crippen LogP contribution in [-0.4, -0.2) is 30.3 Å². The largest absolute Gasteiger partial charge is 0.497 e. The zero-order valence-electron chi connectivity index (χ0n) is 15.2. The highest BCUT2D eigenvalue weighted by Crippen LogP contribution is 2.36. The molecule has 26 heavy (non-hydrogen) atoms. The third-order valence-electron chi connectivity index (χ3n) is 4.41. The van der Waals surface area contributed by atoms with Crippen molar-refractivity contribution in [3.63, 3.8) is 0 Å². The van der Waals surface area contributed by atoms with Gasteiger partial charge < -0.3 is 14.6 Å². The molecule has 1 aromatic heterocycles. The Balaban J connectivity index is 2.38. The molecule has 0 spiro atoms. The van der Waals surface area contributed by atoms with Crippen molar-refractivity contribution in [2.24, 2.45) is 0 Å². The predicted octanol–water partition coefficient (Wildman–Crippen LogP) is 4.74. The van der Waals surface area contributed by atoms with Crippen molar-refractivity contribution in [1.82, 2.24) is 4.98 Å². The van der Waals surface area contributed by atoms with Gasteiger partial charge in [-0.25, -0.2) is 9.78 Å². The zero-order chi connectivity index (χ0) is 18.8. The number of hydrogen-bond donors (Lipinski definition) is 1. The van der Waals surface area contributed by atoms with Gasteiger partial charge in [0.2, 0.25) is 0 Å². The summed E-state index contributed by atoms with van der Waals surface area (Å²) < 4.78 is 10.7. The lowest BCUT2D eigenvalue weighted by molar-refractivity contribution is 0.0699. The van der Waals surface area contributed by atoms with Crippen LogP contribution in [0.4, 0.5) is 0 Å². The maximum Gasteiger partial charge on any atom is 0.336 e. The number of aromatic nitrogens is 1. The number of methoxy groups -OCH3 is 2. The van der Waals surface area contributed by atoms with Crippen molar-refractivity contribution in [3.8, 4) is 22.8 Å². The summed E-state index contributed by atoms with van der Waals surface area (Å²) in [6.45, 7) is 4.13. The molecule has 0 amide bonds. The van der Waals surface area contributed by atoms with Crippen LogP contribution in [0, 0.1) is 0 Å². The molecule has 0 aliphatic heterocycles. The number of fused-ring (bicyclic) bond motifs is 1. The molecule has 1 heterocycles. The first-order valence-corrected chi connectivity index (χ1v) is 8.35. The molecule has 3 rings (SSSR count). The maximum absolute atomic E-state index is 11.9. The molecule has 5 heteroatoms. The molecule has 0 fully saturated rings. The Morgan fingerprint density at radius 2 is 1.85 bits per heavy atom. The fraction of sp³-hybridized carbons (Fsp3) is 0.238. The van der Waals surface area contributed by atoms with Crippen molar-refractivity contribution in [2.75, 3.05) is 14.2 Å². The predicted molar refractivity (Wildman–Crippen MR) is 101 cm³/mol. The molecule has 134 valence electrons. The summed E-state index contributed by atoms with van der Waals surface area (Å²) >= 11 is 0. The molecule has 0 radical (unpaired) electrons. The zero-order valence-corrected chi connectivity index (χ0v) is 15.2. The van der Waals surface area contributed by atoms with Crippen molar-refractivity contribution in [3.05, 3.63) is 53.6 Å². The number of pyridine rings is 1. The fourth-order valence-corrected chi connectivity index (χ4v) is 3.07. The molecule has 1 N–H and O–H groups in total. The third kappa shape index (κ3) is 3.08. The van der Waals surface area contributed by atoms with E-state index in [9.17, 15) is 9.90 Å². The molecule has 0 unspecified atom stereocenters. The van der Waals surface area contributed by atoms with Gasteiger partial charge in [-0.3, -0.25) is 0 Å². The molecule has 0 saturated carbocycles. The average Bonchev–Trinajstić information content (AvgIpc) is 2.65. The lowest BCUT2D eigenvalue weighted by Gasteiger charge is -2.15. The van der Waals surface area contributed by atoms with Gasteiger partial charge in [0.25, 0.3) is 0 Å². The Kier molecular flexibility index (Phi) is 4.80. The second-order valence-electron chi connectivity index (χ2n) is 6.32. The number of ether oxygens (including phenoxy) is 2. The summed E-state index contributed by atoms with van der Waals surface area (Å²) in [5.74, 6) is 0.490. The molecule has 0 atom stereocenters. The van der Waals surface area contributed by atoms with E-state index >= 15 is 0 Å². The van der Waals surface area contributed by atoms with Crippen LogP contribution < -0.4 is 9.47 Å². The van der Waals surface area contributed by atoms with Gasteiger partial charge in [-0.1, -0.05) is 32.0 Å². The minimum Gasteiger partial charge on any atom is -0.497 e. The number of carboxylic acid groups (broad SMARTS) is 1. The number of hydrogen-bond acceptors (Lipinski definition) is 4. The Hall–Kier alpha value is -3.08. The van der Waals surface area contributed by atoms with E-state index in [1.54, 1.807) is 44.6 Å². The van der Waals surface area contributed by atoms with Gasteiger partial charge in [0.15, 0.2) is 0 Å². The lowest BCUT2D eigenvalue weighted by Crippen LogP contribution is -2.03. The van der Waals surface area contributed by atoms with E-state index in [1.165, 1.54) is 0 Å². The minimum absolute atomic E-state index is 0.218. The van der Waals surface area contributed by atoms with Gasteiger partial charge in [0, 0.05) is 10.9 Å². The van der Waals surface area contributed by atoms with Gasteiger partial charge in [-0.2, -0.15) is 0 Å². The molecule has 5 nitrogen and oxygen atoms in total. The molecular weight excluding hydrogens is 330 g/mol. The first-order valence-electron chi connectivity index (χ1n) is 8.35. The highest BCUT2D eigenvalue weighted by Gasteiger charge is 2.18. The van der Waals surface area contributed by atoms with E-state index in [4.69, 9.17) is 14.5 Å². The van der Waals surface area contributed by atoms with E-state index in [-0.39, 0.29) is 11.5 Å². The molecule has 0 bridgehead atoms. The number of carboxylic acids is 1. The second-order valence-corrected chi connectivity index (χ2v) is 6.32. The SMILES string of the molecule is COc1ccc(OC)c(-c2cc(C(=O)O)c3cccc(C(C)C)c3n2)c1. The van der Waals surface area contributed by atoms with Crippen LogP contribution in [0.3, 0.4) is 0 Å². The first kappa shape index (κ1) is 17.7. The van der Waals surface area contributed by atoms with Crippen LogP contribution >= 0.6 is 0 Å². The van der Waals surface area contributed by atoms with Crippen molar-refractivity contribution >= 4 is 16.9 Å². The fourth-order valence-electron chi connectivity index (χ4n) is 3.07. The van der Waals surface area contributed by atoms with Gasteiger partial charge in [0.05, 0.1) is 31.0 Å². The van der Waals surface area contributed by atoms with Crippen LogP contribution in [-0.2, 0) is 0 Å². The van der Waals surface area contributed by atoms with Crippen LogP contribution in [0.15, 0.2) is 42.5 Å². The minimum atomic E-state index is -0.985. The summed E-state index contributed by atoms with van der Waals surface area (Å²) in [5.41, 5.74) is 3.15. The number of benzene rings is 2. The quantitative estimate of drug-likeness (QED) is 0.719. The van der Waals surface area contributed by atoms with Crippen LogP contribution in [0.5, 0.6) is 11.5 Å². The molecule has 3 aromatic rings. The Labute approximate surface area is 152 Å². The lowest BCUT2D eigenvalue weighted by atomic mass is 9.96. The van der Waals surface area contributed by atoms with Crippen molar-refractivity contribution < 1.29 is 19.4 Å². The summed E-state index contributed by atoms with van der Waals surface area (Å²) in [5, 5.41) is 10.4. The number of carbonyl (C=O) groups is 1. The standard InChI is InChI=1S/C21H21NO4/c1-12(2)14-6-5-7-15-16(21(23)24)11-18(22-20(14)15)17-10-13(25-3)8-9-19(17)26-4/h5-12H,1-4H3,(H,23,24). The molecule has 0 aliphatic carbocycles.